The predicted molar refractivity (Wildman–Crippen MR) is 101 cm³/mol. The number of halogens is 3. The number of piperidine rings is 1. The first-order valence-corrected chi connectivity index (χ1v) is 10.9. The minimum Gasteiger partial charge on any atom is -0.351 e. The van der Waals surface area contributed by atoms with Crippen LogP contribution in [0.1, 0.15) is 18.4 Å². The average molecular weight is 448 g/mol. The second-order valence-corrected chi connectivity index (χ2v) is 9.29. The molecule has 0 bridgehead atoms. The standard InChI is InChI=1S/C18H23F3N4O4S/c19-18(20,21)14-1-3-15(4-2-14)30(28,29)25-11-9-23(10-12-25)16(26)13-5-7-24(8-6-13)17(22)27/h1-4,13H,5-12H2,(H2,22,27). The Bertz CT molecular complexity index is 889. The number of sulfonamides is 1. The number of amides is 3. The van der Waals surface area contributed by atoms with Gasteiger partial charge in [-0.1, -0.05) is 0 Å². The highest BCUT2D eigenvalue weighted by molar-refractivity contribution is 7.89. The maximum Gasteiger partial charge on any atom is 0.416 e. The van der Waals surface area contributed by atoms with Gasteiger partial charge in [-0.25, -0.2) is 13.2 Å². The van der Waals surface area contributed by atoms with Crippen LogP contribution in [0, 0.1) is 5.92 Å². The lowest BCUT2D eigenvalue weighted by Gasteiger charge is -2.37. The number of likely N-dealkylation sites (tertiary alicyclic amines) is 1. The van der Waals surface area contributed by atoms with Gasteiger partial charge in [0, 0.05) is 45.2 Å². The van der Waals surface area contributed by atoms with Gasteiger partial charge in [0.1, 0.15) is 0 Å². The van der Waals surface area contributed by atoms with Gasteiger partial charge in [0.05, 0.1) is 10.5 Å². The second kappa shape index (κ2) is 8.42. The molecule has 166 valence electrons. The van der Waals surface area contributed by atoms with Crippen molar-refractivity contribution in [1.82, 2.24) is 14.1 Å². The van der Waals surface area contributed by atoms with Crippen molar-refractivity contribution in [2.45, 2.75) is 23.9 Å². The van der Waals surface area contributed by atoms with E-state index in [0.717, 1.165) is 24.3 Å². The van der Waals surface area contributed by atoms with Crippen LogP contribution in [-0.2, 0) is 21.0 Å². The van der Waals surface area contributed by atoms with Crippen molar-refractivity contribution in [3.63, 3.8) is 0 Å². The average Bonchev–Trinajstić information content (AvgIpc) is 2.73. The number of hydrogen-bond acceptors (Lipinski definition) is 4. The van der Waals surface area contributed by atoms with Crippen molar-refractivity contribution in [3.8, 4) is 0 Å². The van der Waals surface area contributed by atoms with Gasteiger partial charge in [0.15, 0.2) is 0 Å². The molecule has 0 saturated carbocycles. The quantitative estimate of drug-likeness (QED) is 0.753. The Hall–Kier alpha value is -2.34. The van der Waals surface area contributed by atoms with E-state index in [1.165, 1.54) is 9.21 Å². The number of alkyl halides is 3. The molecule has 0 atom stereocenters. The van der Waals surface area contributed by atoms with E-state index in [1.807, 2.05) is 0 Å². The molecule has 8 nitrogen and oxygen atoms in total. The van der Waals surface area contributed by atoms with Crippen LogP contribution in [0.5, 0.6) is 0 Å². The third kappa shape index (κ3) is 4.69. The topological polar surface area (TPSA) is 104 Å². The van der Waals surface area contributed by atoms with Crippen LogP contribution < -0.4 is 5.73 Å². The summed E-state index contributed by atoms with van der Waals surface area (Å²) in [6.45, 7) is 1.36. The molecule has 0 spiro atoms. The number of rotatable bonds is 3. The number of carbonyl (C=O) groups is 2. The second-order valence-electron chi connectivity index (χ2n) is 7.35. The lowest BCUT2D eigenvalue weighted by Crippen LogP contribution is -2.53. The smallest absolute Gasteiger partial charge is 0.351 e. The molecule has 2 heterocycles. The highest BCUT2D eigenvalue weighted by Gasteiger charge is 2.35. The number of hydrogen-bond donors (Lipinski definition) is 1. The number of benzene rings is 1. The molecule has 3 amide bonds. The molecular weight excluding hydrogens is 425 g/mol. The summed E-state index contributed by atoms with van der Waals surface area (Å²) >= 11 is 0. The van der Waals surface area contributed by atoms with Gasteiger partial charge in [0.2, 0.25) is 15.9 Å². The van der Waals surface area contributed by atoms with E-state index in [-0.39, 0.29) is 42.9 Å². The Morgan fingerprint density at radius 3 is 1.90 bits per heavy atom. The van der Waals surface area contributed by atoms with Gasteiger partial charge in [-0.2, -0.15) is 17.5 Å². The van der Waals surface area contributed by atoms with Crippen molar-refractivity contribution < 1.29 is 31.2 Å². The van der Waals surface area contributed by atoms with Crippen LogP contribution in [0.2, 0.25) is 0 Å². The van der Waals surface area contributed by atoms with Gasteiger partial charge in [-0.15, -0.1) is 0 Å². The van der Waals surface area contributed by atoms with Crippen LogP contribution in [0.15, 0.2) is 29.2 Å². The molecule has 1 aromatic rings. The maximum absolute atomic E-state index is 12.7. The molecule has 1 aromatic carbocycles. The van der Waals surface area contributed by atoms with Gasteiger partial charge in [0.25, 0.3) is 0 Å². The normalized spacial score (nSPS) is 19.7. The zero-order valence-electron chi connectivity index (χ0n) is 16.1. The Labute approximate surface area is 172 Å². The van der Waals surface area contributed by atoms with E-state index in [1.54, 1.807) is 4.90 Å². The van der Waals surface area contributed by atoms with Crippen molar-refractivity contribution in [2.24, 2.45) is 11.7 Å². The molecule has 2 aliphatic rings. The van der Waals surface area contributed by atoms with Crippen molar-refractivity contribution >= 4 is 22.0 Å². The van der Waals surface area contributed by atoms with Crippen LogP contribution in [0.4, 0.5) is 18.0 Å². The molecule has 2 fully saturated rings. The number of nitrogens with zero attached hydrogens (tertiary/aromatic N) is 3. The summed E-state index contributed by atoms with van der Waals surface area (Å²) in [5.41, 5.74) is 4.32. The van der Waals surface area contributed by atoms with Gasteiger partial charge >= 0.3 is 12.2 Å². The van der Waals surface area contributed by atoms with Crippen LogP contribution in [0.25, 0.3) is 0 Å². The molecule has 0 aliphatic carbocycles. The number of carbonyl (C=O) groups excluding carboxylic acids is 2. The fourth-order valence-corrected chi connectivity index (χ4v) is 5.14. The van der Waals surface area contributed by atoms with Crippen molar-refractivity contribution in [2.75, 3.05) is 39.3 Å². The van der Waals surface area contributed by atoms with Gasteiger partial charge in [-0.05, 0) is 37.1 Å². The van der Waals surface area contributed by atoms with E-state index < -0.39 is 27.8 Å². The minimum absolute atomic E-state index is 0.0647. The summed E-state index contributed by atoms with van der Waals surface area (Å²) in [4.78, 5) is 26.8. The molecule has 2 saturated heterocycles. The molecule has 0 aromatic heterocycles. The predicted octanol–water partition coefficient (Wildman–Crippen LogP) is 1.33. The molecule has 3 rings (SSSR count). The highest BCUT2D eigenvalue weighted by Crippen LogP contribution is 2.30. The molecule has 2 aliphatic heterocycles. The minimum atomic E-state index is -4.54. The Kier molecular flexibility index (Phi) is 6.27. The van der Waals surface area contributed by atoms with Crippen LogP contribution in [0.3, 0.4) is 0 Å². The maximum atomic E-state index is 12.7. The van der Waals surface area contributed by atoms with E-state index in [0.29, 0.717) is 25.9 Å². The Morgan fingerprint density at radius 1 is 0.900 bits per heavy atom. The monoisotopic (exact) mass is 448 g/mol. The van der Waals surface area contributed by atoms with Crippen LogP contribution in [-0.4, -0.2) is 73.7 Å². The molecule has 2 N–H and O–H groups in total. The van der Waals surface area contributed by atoms with E-state index in [4.69, 9.17) is 5.73 Å². The zero-order chi connectivity index (χ0) is 22.1. The SMILES string of the molecule is NC(=O)N1CCC(C(=O)N2CCN(S(=O)(=O)c3ccc(C(F)(F)F)cc3)CC2)CC1. The fraction of sp³-hybridized carbons (Fsp3) is 0.556. The summed E-state index contributed by atoms with van der Waals surface area (Å²) < 4.78 is 64.7. The van der Waals surface area contributed by atoms with Crippen molar-refractivity contribution in [3.05, 3.63) is 29.8 Å². The number of urea groups is 1. The Balaban J connectivity index is 1.58. The van der Waals surface area contributed by atoms with Gasteiger partial charge < -0.3 is 15.5 Å². The third-order valence-electron chi connectivity index (χ3n) is 5.53. The summed E-state index contributed by atoms with van der Waals surface area (Å²) in [5, 5.41) is 0. The van der Waals surface area contributed by atoms with E-state index >= 15 is 0 Å². The largest absolute Gasteiger partial charge is 0.416 e. The Morgan fingerprint density at radius 2 is 1.43 bits per heavy atom. The molecular formula is C18H23F3N4O4S. The lowest BCUT2D eigenvalue weighted by atomic mass is 9.95. The molecule has 0 unspecified atom stereocenters. The first kappa shape index (κ1) is 22.3. The summed E-state index contributed by atoms with van der Waals surface area (Å²) in [6, 6.07) is 2.86. The summed E-state index contributed by atoms with van der Waals surface area (Å²) in [7, 11) is -3.95. The van der Waals surface area contributed by atoms with Crippen LogP contribution >= 0.6 is 0 Å². The number of piperazine rings is 1. The number of nitrogens with two attached hydrogens (primary N) is 1. The zero-order valence-corrected chi connectivity index (χ0v) is 17.0. The van der Waals surface area contributed by atoms with E-state index in [2.05, 4.69) is 0 Å². The third-order valence-corrected chi connectivity index (χ3v) is 7.44. The number of primary amides is 1. The van der Waals surface area contributed by atoms with E-state index in [9.17, 15) is 31.2 Å². The molecule has 12 heteroatoms. The summed E-state index contributed by atoms with van der Waals surface area (Å²) in [6.07, 6.45) is -3.53. The molecule has 0 radical (unpaired) electrons. The first-order valence-electron chi connectivity index (χ1n) is 9.51. The summed E-state index contributed by atoms with van der Waals surface area (Å²) in [5.74, 6) is -0.315. The molecule has 30 heavy (non-hydrogen) atoms. The lowest BCUT2D eigenvalue weighted by molar-refractivity contribution is -0.138. The van der Waals surface area contributed by atoms with Crippen molar-refractivity contribution in [1.29, 1.82) is 0 Å². The fourth-order valence-electron chi connectivity index (χ4n) is 3.72. The highest BCUT2D eigenvalue weighted by atomic mass is 32.2. The van der Waals surface area contributed by atoms with Gasteiger partial charge in [-0.3, -0.25) is 4.79 Å². The first-order chi connectivity index (χ1) is 14.0.